The molecule has 7 nitrogen and oxygen atoms in total. The van der Waals surface area contributed by atoms with E-state index in [9.17, 15) is 18.0 Å². The van der Waals surface area contributed by atoms with Gasteiger partial charge in [-0.05, 0) is 53.8 Å². The van der Waals surface area contributed by atoms with Crippen LogP contribution in [0.5, 0.6) is 5.75 Å². The Labute approximate surface area is 175 Å². The van der Waals surface area contributed by atoms with E-state index in [1.54, 1.807) is 36.3 Å². The summed E-state index contributed by atoms with van der Waals surface area (Å²) in [6, 6.07) is 10.7. The first-order valence-electron chi connectivity index (χ1n) is 9.96. The Kier molecular flexibility index (Phi) is 5.51. The average Bonchev–Trinajstić information content (AvgIpc) is 3.19. The minimum absolute atomic E-state index is 0.102. The quantitative estimate of drug-likeness (QED) is 0.728. The molecule has 0 saturated heterocycles. The SMILES string of the molecule is COc1ccc(CNC(=O)CCS(=O)(=O)c2cc3c4c(c2)CCN4C(=O)CC3)cc1. The number of aryl methyl sites for hydroxylation is 1. The van der Waals surface area contributed by atoms with Gasteiger partial charge in [0.15, 0.2) is 9.84 Å². The molecule has 0 spiro atoms. The van der Waals surface area contributed by atoms with E-state index in [1.807, 2.05) is 12.1 Å². The molecule has 0 radical (unpaired) electrons. The molecule has 158 valence electrons. The van der Waals surface area contributed by atoms with Crippen LogP contribution in [0.4, 0.5) is 5.69 Å². The summed E-state index contributed by atoms with van der Waals surface area (Å²) in [5.41, 5.74) is 3.61. The number of sulfone groups is 1. The first-order chi connectivity index (χ1) is 14.4. The fourth-order valence-electron chi connectivity index (χ4n) is 3.98. The van der Waals surface area contributed by atoms with E-state index in [0.29, 0.717) is 32.4 Å². The number of nitrogens with one attached hydrogen (secondary N) is 1. The van der Waals surface area contributed by atoms with Gasteiger partial charge >= 0.3 is 0 Å². The molecule has 0 unspecified atom stereocenters. The van der Waals surface area contributed by atoms with Gasteiger partial charge in [0.25, 0.3) is 0 Å². The van der Waals surface area contributed by atoms with Crippen molar-refractivity contribution >= 4 is 27.3 Å². The molecule has 0 fully saturated rings. The molecule has 0 aromatic heterocycles. The minimum Gasteiger partial charge on any atom is -0.497 e. The fourth-order valence-corrected chi connectivity index (χ4v) is 5.32. The summed E-state index contributed by atoms with van der Waals surface area (Å²) in [4.78, 5) is 26.2. The normalized spacial score (nSPS) is 15.1. The second kappa shape index (κ2) is 8.10. The molecule has 2 aliphatic heterocycles. The van der Waals surface area contributed by atoms with Crippen molar-refractivity contribution in [3.8, 4) is 5.75 Å². The van der Waals surface area contributed by atoms with Crippen LogP contribution in [-0.4, -0.2) is 39.6 Å². The van der Waals surface area contributed by atoms with E-state index < -0.39 is 9.84 Å². The largest absolute Gasteiger partial charge is 0.497 e. The molecular formula is C22H24N2O5S. The van der Waals surface area contributed by atoms with Crippen LogP contribution in [0.2, 0.25) is 0 Å². The van der Waals surface area contributed by atoms with E-state index in [0.717, 1.165) is 28.1 Å². The van der Waals surface area contributed by atoms with Gasteiger partial charge in [-0.3, -0.25) is 9.59 Å². The zero-order chi connectivity index (χ0) is 21.3. The molecule has 2 aliphatic rings. The van der Waals surface area contributed by atoms with Crippen LogP contribution in [0.25, 0.3) is 0 Å². The smallest absolute Gasteiger partial charge is 0.227 e. The average molecular weight is 429 g/mol. The molecule has 2 heterocycles. The number of anilines is 1. The van der Waals surface area contributed by atoms with E-state index >= 15 is 0 Å². The van der Waals surface area contributed by atoms with Crippen molar-refractivity contribution in [3.05, 3.63) is 53.1 Å². The Bertz CT molecular complexity index is 1090. The zero-order valence-corrected chi connectivity index (χ0v) is 17.6. The Morgan fingerprint density at radius 1 is 1.10 bits per heavy atom. The summed E-state index contributed by atoms with van der Waals surface area (Å²) in [6.45, 7) is 0.939. The number of benzene rings is 2. The highest BCUT2D eigenvalue weighted by molar-refractivity contribution is 7.91. The number of carbonyl (C=O) groups is 2. The molecule has 0 aliphatic carbocycles. The number of rotatable bonds is 7. The standard InChI is InChI=1S/C22H24N2O5S/c1-29-18-5-2-15(3-6-18)14-23-20(25)9-11-30(27,28)19-12-16-4-7-21(26)24-10-8-17(13-19)22(16)24/h2-3,5-6,12-13H,4,7-11,14H2,1H3,(H,23,25). The zero-order valence-electron chi connectivity index (χ0n) is 16.8. The molecule has 0 atom stereocenters. The lowest BCUT2D eigenvalue weighted by molar-refractivity contribution is -0.121. The van der Waals surface area contributed by atoms with Crippen LogP contribution in [-0.2, 0) is 38.8 Å². The maximum absolute atomic E-state index is 12.8. The second-order valence-electron chi connectivity index (χ2n) is 7.58. The Balaban J connectivity index is 1.39. The maximum Gasteiger partial charge on any atom is 0.227 e. The molecular weight excluding hydrogens is 404 g/mol. The maximum atomic E-state index is 12.8. The van der Waals surface area contributed by atoms with Gasteiger partial charge in [0.05, 0.1) is 23.4 Å². The molecule has 30 heavy (non-hydrogen) atoms. The molecule has 0 bridgehead atoms. The minimum atomic E-state index is -3.59. The summed E-state index contributed by atoms with van der Waals surface area (Å²) >= 11 is 0. The monoisotopic (exact) mass is 428 g/mol. The predicted octanol–water partition coefficient (Wildman–Crippen LogP) is 2.01. The third kappa shape index (κ3) is 4.05. The lowest BCUT2D eigenvalue weighted by Gasteiger charge is -2.25. The predicted molar refractivity (Wildman–Crippen MR) is 112 cm³/mol. The van der Waals surface area contributed by atoms with Crippen molar-refractivity contribution in [1.82, 2.24) is 5.32 Å². The highest BCUT2D eigenvalue weighted by atomic mass is 32.2. The van der Waals surface area contributed by atoms with Gasteiger partial charge in [0, 0.05) is 25.9 Å². The van der Waals surface area contributed by atoms with Gasteiger partial charge < -0.3 is 15.0 Å². The first-order valence-corrected chi connectivity index (χ1v) is 11.6. The fraction of sp³-hybridized carbons (Fsp3) is 0.364. The van der Waals surface area contributed by atoms with Crippen LogP contribution in [0.15, 0.2) is 41.3 Å². The Hall–Kier alpha value is -2.87. The lowest BCUT2D eigenvalue weighted by Crippen LogP contribution is -2.33. The van der Waals surface area contributed by atoms with E-state index in [1.165, 1.54) is 0 Å². The lowest BCUT2D eigenvalue weighted by atomic mass is 10.00. The van der Waals surface area contributed by atoms with Gasteiger partial charge in [-0.25, -0.2) is 8.42 Å². The second-order valence-corrected chi connectivity index (χ2v) is 9.69. The molecule has 2 aromatic carbocycles. The van der Waals surface area contributed by atoms with Crippen molar-refractivity contribution in [2.24, 2.45) is 0 Å². The topological polar surface area (TPSA) is 92.8 Å². The van der Waals surface area contributed by atoms with Gasteiger partial charge in [0.2, 0.25) is 11.8 Å². The van der Waals surface area contributed by atoms with Crippen LogP contribution < -0.4 is 15.0 Å². The van der Waals surface area contributed by atoms with Crippen molar-refractivity contribution in [3.63, 3.8) is 0 Å². The first kappa shape index (κ1) is 20.4. The summed E-state index contributed by atoms with van der Waals surface area (Å²) in [7, 11) is -2.00. The number of hydrogen-bond acceptors (Lipinski definition) is 5. The highest BCUT2D eigenvalue weighted by Gasteiger charge is 2.32. The van der Waals surface area contributed by atoms with Crippen LogP contribution in [0.3, 0.4) is 0 Å². The van der Waals surface area contributed by atoms with Crippen LogP contribution in [0.1, 0.15) is 29.5 Å². The number of hydrogen-bond donors (Lipinski definition) is 1. The number of ether oxygens (including phenoxy) is 1. The molecule has 4 rings (SSSR count). The highest BCUT2D eigenvalue weighted by Crippen LogP contribution is 2.38. The molecule has 2 amide bonds. The Morgan fingerprint density at radius 3 is 2.50 bits per heavy atom. The Morgan fingerprint density at radius 2 is 1.80 bits per heavy atom. The van der Waals surface area contributed by atoms with E-state index in [-0.39, 0.29) is 28.9 Å². The third-order valence-electron chi connectivity index (χ3n) is 5.63. The van der Waals surface area contributed by atoms with Gasteiger partial charge in [-0.2, -0.15) is 0 Å². The number of amides is 2. The van der Waals surface area contributed by atoms with Gasteiger partial charge in [-0.15, -0.1) is 0 Å². The summed E-state index contributed by atoms with van der Waals surface area (Å²) < 4.78 is 30.8. The summed E-state index contributed by atoms with van der Waals surface area (Å²) in [5.74, 6) is 0.276. The summed E-state index contributed by atoms with van der Waals surface area (Å²) in [5, 5.41) is 2.76. The molecule has 0 saturated carbocycles. The van der Waals surface area contributed by atoms with Crippen LogP contribution in [0, 0.1) is 0 Å². The molecule has 2 aromatic rings. The molecule has 1 N–H and O–H groups in total. The van der Waals surface area contributed by atoms with E-state index in [2.05, 4.69) is 5.32 Å². The van der Waals surface area contributed by atoms with Crippen molar-refractivity contribution in [2.45, 2.75) is 37.1 Å². The van der Waals surface area contributed by atoms with Crippen molar-refractivity contribution in [2.75, 3.05) is 24.3 Å². The van der Waals surface area contributed by atoms with Crippen LogP contribution >= 0.6 is 0 Å². The van der Waals surface area contributed by atoms with Gasteiger partial charge in [0.1, 0.15) is 5.75 Å². The number of nitrogens with zero attached hydrogens (tertiary/aromatic N) is 1. The van der Waals surface area contributed by atoms with Crippen molar-refractivity contribution in [1.29, 1.82) is 0 Å². The summed E-state index contributed by atoms with van der Waals surface area (Å²) in [6.07, 6.45) is 1.53. The molecule has 8 heteroatoms. The number of methoxy groups -OCH3 is 1. The number of carbonyl (C=O) groups excluding carboxylic acids is 2. The van der Waals surface area contributed by atoms with E-state index in [4.69, 9.17) is 4.74 Å². The third-order valence-corrected chi connectivity index (χ3v) is 7.33. The van der Waals surface area contributed by atoms with Crippen molar-refractivity contribution < 1.29 is 22.7 Å². The van der Waals surface area contributed by atoms with Gasteiger partial charge in [-0.1, -0.05) is 12.1 Å².